The van der Waals surface area contributed by atoms with Crippen molar-refractivity contribution in [2.24, 2.45) is 0 Å². The lowest BCUT2D eigenvalue weighted by molar-refractivity contribution is -0.136. The maximum atomic E-state index is 10.8. The highest BCUT2D eigenvalue weighted by Gasteiger charge is 2.09. The third kappa shape index (κ3) is 4.91. The average Bonchev–Trinajstić information content (AvgIpc) is 2.49. The van der Waals surface area contributed by atoms with E-state index in [0.29, 0.717) is 6.54 Å². The molecular formula is C17H20N2O2. The number of anilines is 1. The van der Waals surface area contributed by atoms with E-state index >= 15 is 0 Å². The first-order valence-electron chi connectivity index (χ1n) is 7.08. The maximum Gasteiger partial charge on any atom is 0.305 e. The number of hydrogen-bond donors (Lipinski definition) is 1. The van der Waals surface area contributed by atoms with Gasteiger partial charge in [-0.25, -0.2) is 0 Å². The Bertz CT molecular complexity index is 567. The molecule has 0 saturated carbocycles. The Morgan fingerprint density at radius 2 is 1.90 bits per heavy atom. The second-order valence-electron chi connectivity index (χ2n) is 5.04. The van der Waals surface area contributed by atoms with Crippen molar-refractivity contribution in [1.29, 1.82) is 0 Å². The molecule has 0 radical (unpaired) electrons. The summed E-state index contributed by atoms with van der Waals surface area (Å²) in [6.07, 6.45) is 2.72. The zero-order valence-electron chi connectivity index (χ0n) is 12.2. The van der Waals surface area contributed by atoms with Crippen molar-refractivity contribution in [3.63, 3.8) is 0 Å². The summed E-state index contributed by atoms with van der Waals surface area (Å²) in [6.45, 7) is 3.30. The smallest absolute Gasteiger partial charge is 0.305 e. The van der Waals surface area contributed by atoms with Crippen LogP contribution in [0.1, 0.15) is 17.7 Å². The fourth-order valence-corrected chi connectivity index (χ4v) is 2.15. The monoisotopic (exact) mass is 284 g/mol. The second-order valence-corrected chi connectivity index (χ2v) is 5.04. The van der Waals surface area contributed by atoms with E-state index in [1.807, 2.05) is 49.4 Å². The highest BCUT2D eigenvalue weighted by Crippen LogP contribution is 2.16. The van der Waals surface area contributed by atoms with E-state index in [9.17, 15) is 4.79 Å². The highest BCUT2D eigenvalue weighted by molar-refractivity contribution is 5.67. The first kappa shape index (κ1) is 15.0. The van der Waals surface area contributed by atoms with Crippen LogP contribution in [0.4, 0.5) is 5.69 Å². The maximum absolute atomic E-state index is 10.8. The molecule has 1 N–H and O–H groups in total. The number of aromatic nitrogens is 1. The minimum Gasteiger partial charge on any atom is -0.481 e. The van der Waals surface area contributed by atoms with Gasteiger partial charge in [-0.05, 0) is 31.2 Å². The van der Waals surface area contributed by atoms with Crippen molar-refractivity contribution < 1.29 is 9.90 Å². The van der Waals surface area contributed by atoms with E-state index < -0.39 is 5.97 Å². The van der Waals surface area contributed by atoms with Gasteiger partial charge in [-0.15, -0.1) is 0 Å². The molecule has 1 aromatic heterocycles. The van der Waals surface area contributed by atoms with Gasteiger partial charge in [0.05, 0.1) is 6.42 Å². The lowest BCUT2D eigenvalue weighted by Crippen LogP contribution is -2.28. The van der Waals surface area contributed by atoms with Crippen molar-refractivity contribution in [2.75, 3.05) is 18.0 Å². The quantitative estimate of drug-likeness (QED) is 0.849. The predicted molar refractivity (Wildman–Crippen MR) is 83.6 cm³/mol. The van der Waals surface area contributed by atoms with Crippen molar-refractivity contribution in [3.05, 3.63) is 59.9 Å². The summed E-state index contributed by atoms with van der Waals surface area (Å²) in [5.41, 5.74) is 3.27. The minimum atomic E-state index is -0.773. The third-order valence-electron chi connectivity index (χ3n) is 3.36. The lowest BCUT2D eigenvalue weighted by atomic mass is 10.2. The van der Waals surface area contributed by atoms with E-state index in [0.717, 1.165) is 24.3 Å². The molecule has 0 unspecified atom stereocenters. The molecule has 110 valence electrons. The Kier molecular flexibility index (Phi) is 5.32. The van der Waals surface area contributed by atoms with Crippen LogP contribution in [0, 0.1) is 6.92 Å². The second kappa shape index (κ2) is 7.43. The van der Waals surface area contributed by atoms with Gasteiger partial charge in [0.15, 0.2) is 0 Å². The largest absolute Gasteiger partial charge is 0.481 e. The van der Waals surface area contributed by atoms with Crippen LogP contribution in [-0.4, -0.2) is 29.1 Å². The minimum absolute atomic E-state index is 0.135. The molecule has 0 aliphatic heterocycles. The molecule has 0 fully saturated rings. The van der Waals surface area contributed by atoms with Gasteiger partial charge < -0.3 is 10.0 Å². The van der Waals surface area contributed by atoms with E-state index in [1.54, 1.807) is 6.20 Å². The number of carboxylic acids is 1. The number of rotatable bonds is 7. The summed E-state index contributed by atoms with van der Waals surface area (Å²) in [7, 11) is 0. The highest BCUT2D eigenvalue weighted by atomic mass is 16.4. The summed E-state index contributed by atoms with van der Waals surface area (Å²) in [5.74, 6) is -0.773. The van der Waals surface area contributed by atoms with Crippen LogP contribution in [0.3, 0.4) is 0 Å². The van der Waals surface area contributed by atoms with Crippen molar-refractivity contribution in [2.45, 2.75) is 19.8 Å². The third-order valence-corrected chi connectivity index (χ3v) is 3.36. The van der Waals surface area contributed by atoms with Crippen LogP contribution in [0.25, 0.3) is 0 Å². The Hall–Kier alpha value is -2.36. The van der Waals surface area contributed by atoms with Gasteiger partial charge in [-0.2, -0.15) is 0 Å². The zero-order valence-corrected chi connectivity index (χ0v) is 12.2. The molecule has 2 aromatic rings. The van der Waals surface area contributed by atoms with Crippen LogP contribution in [0.2, 0.25) is 0 Å². The van der Waals surface area contributed by atoms with Crippen LogP contribution in [0.15, 0.2) is 48.7 Å². The van der Waals surface area contributed by atoms with Gasteiger partial charge in [0.2, 0.25) is 0 Å². The Labute approximate surface area is 125 Å². The van der Waals surface area contributed by atoms with Crippen molar-refractivity contribution in [3.8, 4) is 0 Å². The standard InChI is InChI=1S/C17H20N2O2/c1-14-5-7-16(8-6-14)19(13-10-17(20)21)12-9-15-4-2-3-11-18-15/h2-8,11H,9-10,12-13H2,1H3,(H,20,21). The summed E-state index contributed by atoms with van der Waals surface area (Å²) in [6, 6.07) is 14.0. The molecule has 0 aliphatic carbocycles. The summed E-state index contributed by atoms with van der Waals surface area (Å²) in [4.78, 5) is 17.2. The normalized spacial score (nSPS) is 10.3. The first-order valence-corrected chi connectivity index (χ1v) is 7.08. The number of aliphatic carboxylic acids is 1. The van der Waals surface area contributed by atoms with Gasteiger partial charge in [-0.1, -0.05) is 23.8 Å². The number of benzene rings is 1. The van der Waals surface area contributed by atoms with Gasteiger partial charge in [-0.3, -0.25) is 9.78 Å². The van der Waals surface area contributed by atoms with E-state index in [2.05, 4.69) is 9.88 Å². The molecule has 21 heavy (non-hydrogen) atoms. The average molecular weight is 284 g/mol. The first-order chi connectivity index (χ1) is 10.1. The summed E-state index contributed by atoms with van der Waals surface area (Å²) >= 11 is 0. The number of pyridine rings is 1. The van der Waals surface area contributed by atoms with Crippen LogP contribution in [-0.2, 0) is 11.2 Å². The molecule has 2 rings (SSSR count). The number of carboxylic acid groups (broad SMARTS) is 1. The topological polar surface area (TPSA) is 53.4 Å². The molecule has 1 aromatic carbocycles. The van der Waals surface area contributed by atoms with Gasteiger partial charge in [0.1, 0.15) is 0 Å². The van der Waals surface area contributed by atoms with Crippen LogP contribution >= 0.6 is 0 Å². The Balaban J connectivity index is 2.04. The molecule has 0 aliphatic rings. The molecule has 4 nitrogen and oxygen atoms in total. The SMILES string of the molecule is Cc1ccc(N(CCC(=O)O)CCc2ccccn2)cc1. The Morgan fingerprint density at radius 3 is 2.52 bits per heavy atom. The van der Waals surface area contributed by atoms with E-state index in [1.165, 1.54) is 5.56 Å². The number of hydrogen-bond acceptors (Lipinski definition) is 3. The molecule has 0 bridgehead atoms. The lowest BCUT2D eigenvalue weighted by Gasteiger charge is -2.24. The van der Waals surface area contributed by atoms with E-state index in [-0.39, 0.29) is 6.42 Å². The molecule has 0 saturated heterocycles. The predicted octanol–water partition coefficient (Wildman–Crippen LogP) is 2.91. The number of nitrogens with zero attached hydrogens (tertiary/aromatic N) is 2. The van der Waals surface area contributed by atoms with Crippen molar-refractivity contribution >= 4 is 11.7 Å². The van der Waals surface area contributed by atoms with Crippen LogP contribution in [0.5, 0.6) is 0 Å². The zero-order chi connectivity index (χ0) is 15.1. The number of carbonyl (C=O) groups is 1. The molecular weight excluding hydrogens is 264 g/mol. The molecule has 4 heteroatoms. The fourth-order valence-electron chi connectivity index (χ4n) is 2.15. The fraction of sp³-hybridized carbons (Fsp3) is 0.294. The summed E-state index contributed by atoms with van der Waals surface area (Å²) < 4.78 is 0. The molecule has 0 atom stereocenters. The Morgan fingerprint density at radius 1 is 1.14 bits per heavy atom. The molecule has 0 spiro atoms. The van der Waals surface area contributed by atoms with Gasteiger partial charge in [0.25, 0.3) is 0 Å². The van der Waals surface area contributed by atoms with E-state index in [4.69, 9.17) is 5.11 Å². The molecule has 0 amide bonds. The van der Waals surface area contributed by atoms with Gasteiger partial charge in [0, 0.05) is 37.1 Å². The molecule has 1 heterocycles. The van der Waals surface area contributed by atoms with Gasteiger partial charge >= 0.3 is 5.97 Å². The van der Waals surface area contributed by atoms with Crippen LogP contribution < -0.4 is 4.90 Å². The number of aryl methyl sites for hydroxylation is 1. The van der Waals surface area contributed by atoms with Crippen molar-refractivity contribution in [1.82, 2.24) is 4.98 Å². The summed E-state index contributed by atoms with van der Waals surface area (Å²) in [5, 5.41) is 8.90.